The van der Waals surface area contributed by atoms with Crippen molar-refractivity contribution in [2.24, 2.45) is 0 Å². The Balaban J connectivity index is 2.41. The fourth-order valence-electron chi connectivity index (χ4n) is 1.57. The third kappa shape index (κ3) is 1.50. The largest absolute Gasteiger partial charge is 0.392 e. The Morgan fingerprint density at radius 2 is 2.29 bits per heavy atom. The maximum atomic E-state index is 10.0. The number of halogens is 1. The van der Waals surface area contributed by atoms with Crippen LogP contribution in [0.15, 0.2) is 12.3 Å². The lowest BCUT2D eigenvalue weighted by Crippen LogP contribution is -2.57. The highest BCUT2D eigenvalue weighted by molar-refractivity contribution is 6.29. The number of aliphatic hydroxyl groups is 2. The van der Waals surface area contributed by atoms with Crippen molar-refractivity contribution in [3.8, 4) is 0 Å². The monoisotopic (exact) mass is 214 g/mol. The predicted molar refractivity (Wildman–Crippen MR) is 51.9 cm³/mol. The lowest BCUT2D eigenvalue weighted by molar-refractivity contribution is -0.0165. The van der Waals surface area contributed by atoms with Crippen molar-refractivity contribution in [1.29, 1.82) is 0 Å². The Kier molecular flexibility index (Phi) is 2.45. The van der Waals surface area contributed by atoms with Crippen molar-refractivity contribution in [2.75, 3.05) is 13.1 Å². The van der Waals surface area contributed by atoms with Crippen LogP contribution in [0.2, 0.25) is 5.15 Å². The van der Waals surface area contributed by atoms with Gasteiger partial charge in [-0.2, -0.15) is 0 Å². The number of pyridine rings is 1. The van der Waals surface area contributed by atoms with Gasteiger partial charge in [-0.15, -0.1) is 0 Å². The second-order valence-electron chi connectivity index (χ2n) is 3.46. The van der Waals surface area contributed by atoms with Gasteiger partial charge in [-0.25, -0.2) is 4.98 Å². The van der Waals surface area contributed by atoms with Gasteiger partial charge in [0.2, 0.25) is 0 Å². The van der Waals surface area contributed by atoms with Gasteiger partial charge in [0.15, 0.2) is 0 Å². The van der Waals surface area contributed by atoms with E-state index in [1.54, 1.807) is 6.07 Å². The summed E-state index contributed by atoms with van der Waals surface area (Å²) >= 11 is 5.69. The summed E-state index contributed by atoms with van der Waals surface area (Å²) in [5, 5.41) is 22.4. The molecule has 1 aromatic rings. The van der Waals surface area contributed by atoms with Crippen LogP contribution >= 0.6 is 11.6 Å². The number of aliphatic hydroxyl groups excluding tert-OH is 1. The van der Waals surface area contributed by atoms with E-state index in [2.05, 4.69) is 10.3 Å². The molecule has 1 aromatic heterocycles. The van der Waals surface area contributed by atoms with Crippen molar-refractivity contribution in [3.63, 3.8) is 0 Å². The first-order valence-electron chi connectivity index (χ1n) is 4.34. The minimum atomic E-state index is -0.893. The molecule has 1 fully saturated rings. The highest BCUT2D eigenvalue weighted by Crippen LogP contribution is 2.28. The third-order valence-corrected chi connectivity index (χ3v) is 2.67. The summed E-state index contributed by atoms with van der Waals surface area (Å²) in [5.74, 6) is 0. The lowest BCUT2D eigenvalue weighted by atomic mass is 9.86. The van der Waals surface area contributed by atoms with Crippen LogP contribution in [-0.4, -0.2) is 28.3 Å². The number of hydrogen-bond acceptors (Lipinski definition) is 4. The molecule has 0 radical (unpaired) electrons. The lowest BCUT2D eigenvalue weighted by Gasteiger charge is -2.38. The molecule has 1 aliphatic heterocycles. The van der Waals surface area contributed by atoms with Crippen LogP contribution in [-0.2, 0) is 12.2 Å². The molecule has 76 valence electrons. The normalized spacial score (nSPS) is 19.1. The number of nitrogens with one attached hydrogen (secondary N) is 1. The minimum Gasteiger partial charge on any atom is -0.392 e. The molecular formula is C9H11ClN2O2. The molecule has 0 aromatic carbocycles. The van der Waals surface area contributed by atoms with Gasteiger partial charge in [0.1, 0.15) is 10.8 Å². The average molecular weight is 215 g/mol. The van der Waals surface area contributed by atoms with Crippen molar-refractivity contribution in [1.82, 2.24) is 10.3 Å². The van der Waals surface area contributed by atoms with Crippen molar-refractivity contribution >= 4 is 11.6 Å². The molecule has 4 nitrogen and oxygen atoms in total. The molecule has 1 aliphatic rings. The first kappa shape index (κ1) is 9.86. The fraction of sp³-hybridized carbons (Fsp3) is 0.444. The summed E-state index contributed by atoms with van der Waals surface area (Å²) in [6, 6.07) is 1.58. The van der Waals surface area contributed by atoms with E-state index < -0.39 is 5.60 Å². The summed E-state index contributed by atoms with van der Waals surface area (Å²) < 4.78 is 0. The predicted octanol–water partition coefficient (Wildman–Crippen LogP) is 0.0181. The average Bonchev–Trinajstić information content (AvgIpc) is 2.14. The van der Waals surface area contributed by atoms with Gasteiger partial charge in [-0.1, -0.05) is 11.6 Å². The van der Waals surface area contributed by atoms with E-state index >= 15 is 0 Å². The summed E-state index contributed by atoms with van der Waals surface area (Å²) in [6.07, 6.45) is 1.52. The minimum absolute atomic E-state index is 0.139. The Morgan fingerprint density at radius 3 is 2.79 bits per heavy atom. The second kappa shape index (κ2) is 3.47. The highest BCUT2D eigenvalue weighted by Gasteiger charge is 2.38. The molecule has 0 aliphatic carbocycles. The van der Waals surface area contributed by atoms with Gasteiger partial charge in [-0.05, 0) is 11.6 Å². The van der Waals surface area contributed by atoms with Crippen LogP contribution in [0.5, 0.6) is 0 Å². The van der Waals surface area contributed by atoms with Crippen LogP contribution in [0.4, 0.5) is 0 Å². The standard InChI is InChI=1S/C9H11ClN2O2/c10-8-1-6(3-13)7(2-12-8)9(14)4-11-5-9/h1-2,11,13-14H,3-5H2. The van der Waals surface area contributed by atoms with Gasteiger partial charge in [0.25, 0.3) is 0 Å². The highest BCUT2D eigenvalue weighted by atomic mass is 35.5. The number of nitrogens with zero attached hydrogens (tertiary/aromatic N) is 1. The zero-order valence-electron chi connectivity index (χ0n) is 7.50. The first-order chi connectivity index (χ1) is 6.65. The smallest absolute Gasteiger partial charge is 0.129 e. The topological polar surface area (TPSA) is 65.4 Å². The Labute approximate surface area is 86.5 Å². The van der Waals surface area contributed by atoms with Crippen molar-refractivity contribution in [3.05, 3.63) is 28.5 Å². The fourth-order valence-corrected chi connectivity index (χ4v) is 1.75. The number of β-amino-alcohol motifs (C(OH)–C–C–N with tert-alkyl or cyclic N) is 1. The van der Waals surface area contributed by atoms with E-state index in [0.717, 1.165) is 0 Å². The number of rotatable bonds is 2. The molecular weight excluding hydrogens is 204 g/mol. The Morgan fingerprint density at radius 1 is 1.57 bits per heavy atom. The van der Waals surface area contributed by atoms with Crippen LogP contribution in [0.3, 0.4) is 0 Å². The molecule has 0 amide bonds. The zero-order valence-corrected chi connectivity index (χ0v) is 8.25. The molecule has 0 unspecified atom stereocenters. The van der Waals surface area contributed by atoms with Crippen LogP contribution in [0, 0.1) is 0 Å². The van der Waals surface area contributed by atoms with Crippen molar-refractivity contribution < 1.29 is 10.2 Å². The van der Waals surface area contributed by atoms with E-state index in [-0.39, 0.29) is 6.61 Å². The second-order valence-corrected chi connectivity index (χ2v) is 3.84. The summed E-state index contributed by atoms with van der Waals surface area (Å²) in [4.78, 5) is 3.90. The molecule has 3 N–H and O–H groups in total. The van der Waals surface area contributed by atoms with E-state index in [4.69, 9.17) is 16.7 Å². The molecule has 0 saturated carbocycles. The molecule has 0 bridgehead atoms. The van der Waals surface area contributed by atoms with E-state index in [1.165, 1.54) is 6.20 Å². The molecule has 2 rings (SSSR count). The van der Waals surface area contributed by atoms with Gasteiger partial charge < -0.3 is 15.5 Å². The van der Waals surface area contributed by atoms with E-state index in [1.807, 2.05) is 0 Å². The van der Waals surface area contributed by atoms with Gasteiger partial charge in [0, 0.05) is 24.8 Å². The van der Waals surface area contributed by atoms with Gasteiger partial charge in [-0.3, -0.25) is 0 Å². The van der Waals surface area contributed by atoms with E-state index in [0.29, 0.717) is 29.4 Å². The molecule has 1 saturated heterocycles. The maximum absolute atomic E-state index is 10.0. The molecule has 0 atom stereocenters. The van der Waals surface area contributed by atoms with Gasteiger partial charge >= 0.3 is 0 Å². The van der Waals surface area contributed by atoms with Crippen molar-refractivity contribution in [2.45, 2.75) is 12.2 Å². The molecule has 5 heteroatoms. The maximum Gasteiger partial charge on any atom is 0.129 e. The summed E-state index contributed by atoms with van der Waals surface area (Å²) in [7, 11) is 0. The van der Waals surface area contributed by atoms with Gasteiger partial charge in [0.05, 0.1) is 6.61 Å². The molecule has 2 heterocycles. The van der Waals surface area contributed by atoms with E-state index in [9.17, 15) is 5.11 Å². The molecule has 0 spiro atoms. The van der Waals surface area contributed by atoms with Crippen LogP contribution in [0.25, 0.3) is 0 Å². The first-order valence-corrected chi connectivity index (χ1v) is 4.72. The number of aromatic nitrogens is 1. The zero-order chi connectivity index (χ0) is 10.2. The SMILES string of the molecule is OCc1cc(Cl)ncc1C1(O)CNC1. The number of hydrogen-bond donors (Lipinski definition) is 3. The summed E-state index contributed by atoms with van der Waals surface area (Å²) in [6.45, 7) is 0.840. The van der Waals surface area contributed by atoms with Crippen LogP contribution < -0.4 is 5.32 Å². The summed E-state index contributed by atoms with van der Waals surface area (Å²) in [5.41, 5.74) is 0.396. The third-order valence-electron chi connectivity index (χ3n) is 2.46. The Hall–Kier alpha value is -0.680. The van der Waals surface area contributed by atoms with Crippen LogP contribution in [0.1, 0.15) is 11.1 Å². The molecule has 14 heavy (non-hydrogen) atoms. The quantitative estimate of drug-likeness (QED) is 0.608. The Bertz CT molecular complexity index is 353.